The Balaban J connectivity index is 1.57. The van der Waals surface area contributed by atoms with Crippen molar-refractivity contribution in [1.82, 2.24) is 0 Å². The Bertz CT molecular complexity index is 1360. The molecule has 3 heteroatoms. The maximum atomic E-state index is 13.9. The summed E-state index contributed by atoms with van der Waals surface area (Å²) in [4.78, 5) is 0. The van der Waals surface area contributed by atoms with E-state index in [1.165, 1.54) is 0 Å². The van der Waals surface area contributed by atoms with Crippen LogP contribution in [0.25, 0.3) is 33.7 Å². The smallest absolute Gasteiger partial charge is 0.171 e. The maximum absolute atomic E-state index is 13.9. The molecular weight excluding hydrogens is 376 g/mol. The third kappa shape index (κ3) is 2.31. The van der Waals surface area contributed by atoms with Crippen LogP contribution < -0.4 is 0 Å². The quantitative estimate of drug-likeness (QED) is 0.403. The van der Waals surface area contributed by atoms with E-state index in [2.05, 4.69) is 0 Å². The molecule has 4 aromatic rings. The number of hydrogen-bond donors (Lipinski definition) is 0. The van der Waals surface area contributed by atoms with Crippen molar-refractivity contribution in [3.05, 3.63) is 107 Å². The molecule has 0 radical (unpaired) electrons. The van der Waals surface area contributed by atoms with Crippen LogP contribution in [0.2, 0.25) is 0 Å². The Morgan fingerprint density at radius 3 is 1.41 bits per heavy atom. The highest BCUT2D eigenvalue weighted by molar-refractivity contribution is 7.92. The molecule has 2 nitrogen and oxygen atoms in total. The highest BCUT2D eigenvalue weighted by atomic mass is 32.2. The van der Waals surface area contributed by atoms with E-state index in [4.69, 9.17) is 0 Å². The van der Waals surface area contributed by atoms with E-state index in [1.54, 1.807) is 0 Å². The third-order valence-electron chi connectivity index (χ3n) is 6.16. The summed E-state index contributed by atoms with van der Waals surface area (Å²) in [6, 6.07) is 24.1. The number of sulfone groups is 1. The third-order valence-corrected chi connectivity index (χ3v) is 8.40. The van der Waals surface area contributed by atoms with Crippen LogP contribution in [0, 0.1) is 0 Å². The maximum Gasteiger partial charge on any atom is 0.171 e. The Hall–Kier alpha value is -3.17. The fourth-order valence-electron chi connectivity index (χ4n) is 4.87. The Kier molecular flexibility index (Phi) is 3.42. The van der Waals surface area contributed by atoms with E-state index in [9.17, 15) is 8.42 Å². The molecule has 0 fully saturated rings. The van der Waals surface area contributed by atoms with Crippen LogP contribution >= 0.6 is 0 Å². The monoisotopic (exact) mass is 394 g/mol. The molecule has 0 spiro atoms. The van der Waals surface area contributed by atoms with Crippen molar-refractivity contribution < 1.29 is 8.42 Å². The zero-order valence-electron chi connectivity index (χ0n) is 15.6. The van der Waals surface area contributed by atoms with Gasteiger partial charge in [0.25, 0.3) is 0 Å². The summed E-state index contributed by atoms with van der Waals surface area (Å²) in [5.41, 5.74) is 3.91. The van der Waals surface area contributed by atoms with Gasteiger partial charge >= 0.3 is 0 Å². The SMILES string of the molecule is O=S(=O)(C1C=Cc2cccc3cccc1c23)C1C=Cc2cccc3cccc1c23. The lowest BCUT2D eigenvalue weighted by molar-refractivity contribution is 0.585. The minimum Gasteiger partial charge on any atom is -0.227 e. The number of hydrogen-bond acceptors (Lipinski definition) is 2. The lowest BCUT2D eigenvalue weighted by Crippen LogP contribution is -2.21. The summed E-state index contributed by atoms with van der Waals surface area (Å²) >= 11 is 0. The molecule has 4 aromatic carbocycles. The molecule has 0 saturated carbocycles. The first kappa shape index (κ1) is 16.8. The van der Waals surface area contributed by atoms with Crippen molar-refractivity contribution in [2.45, 2.75) is 10.5 Å². The van der Waals surface area contributed by atoms with Gasteiger partial charge in [0.1, 0.15) is 10.5 Å². The van der Waals surface area contributed by atoms with Crippen LogP contribution in [-0.4, -0.2) is 8.42 Å². The second-order valence-electron chi connectivity index (χ2n) is 7.73. The summed E-state index contributed by atoms with van der Waals surface area (Å²) in [5, 5.41) is 2.94. The van der Waals surface area contributed by atoms with Crippen molar-refractivity contribution in [2.24, 2.45) is 0 Å². The molecule has 6 rings (SSSR count). The van der Waals surface area contributed by atoms with Crippen molar-refractivity contribution in [3.8, 4) is 0 Å². The zero-order chi connectivity index (χ0) is 19.6. The zero-order valence-corrected chi connectivity index (χ0v) is 16.4. The average molecular weight is 394 g/mol. The lowest BCUT2D eigenvalue weighted by atomic mass is 9.92. The van der Waals surface area contributed by atoms with E-state index < -0.39 is 20.3 Å². The first-order valence-electron chi connectivity index (χ1n) is 9.77. The van der Waals surface area contributed by atoms with Gasteiger partial charge in [-0.3, -0.25) is 0 Å². The summed E-state index contributed by atoms with van der Waals surface area (Å²) in [6.45, 7) is 0. The van der Waals surface area contributed by atoms with Crippen molar-refractivity contribution >= 4 is 43.5 Å². The van der Waals surface area contributed by atoms with E-state index >= 15 is 0 Å². The predicted octanol–water partition coefficient (Wildman–Crippen LogP) is 6.24. The molecule has 2 unspecified atom stereocenters. The normalized spacial score (nSPS) is 19.7. The van der Waals surface area contributed by atoms with Gasteiger partial charge in [0.15, 0.2) is 9.84 Å². The second-order valence-corrected chi connectivity index (χ2v) is 9.93. The topological polar surface area (TPSA) is 34.1 Å². The van der Waals surface area contributed by atoms with Gasteiger partial charge in [-0.15, -0.1) is 0 Å². The molecule has 29 heavy (non-hydrogen) atoms. The summed E-state index contributed by atoms with van der Waals surface area (Å²) in [6.07, 6.45) is 7.61. The first-order valence-corrected chi connectivity index (χ1v) is 11.4. The molecule has 0 aromatic heterocycles. The second kappa shape index (κ2) is 5.91. The summed E-state index contributed by atoms with van der Waals surface area (Å²) < 4.78 is 27.9. The molecule has 0 heterocycles. The predicted molar refractivity (Wildman–Crippen MR) is 120 cm³/mol. The van der Waals surface area contributed by atoms with E-state index in [0.29, 0.717) is 0 Å². The molecule has 2 aliphatic carbocycles. The van der Waals surface area contributed by atoms with Gasteiger partial charge in [0.05, 0.1) is 0 Å². The van der Waals surface area contributed by atoms with Gasteiger partial charge in [-0.05, 0) is 43.8 Å². The van der Waals surface area contributed by atoms with Crippen LogP contribution in [0.4, 0.5) is 0 Å². The molecule has 0 amide bonds. The van der Waals surface area contributed by atoms with Gasteiger partial charge in [0.2, 0.25) is 0 Å². The molecule has 2 atom stereocenters. The van der Waals surface area contributed by atoms with Gasteiger partial charge in [-0.1, -0.05) is 97.1 Å². The Labute approximate surface area is 169 Å². The summed E-state index contributed by atoms with van der Waals surface area (Å²) in [5.74, 6) is 0. The van der Waals surface area contributed by atoms with E-state index in [1.807, 2.05) is 97.1 Å². The number of rotatable bonds is 2. The minimum absolute atomic E-state index is 0.656. The van der Waals surface area contributed by atoms with Gasteiger partial charge in [0, 0.05) is 0 Å². The van der Waals surface area contributed by atoms with Gasteiger partial charge in [-0.25, -0.2) is 8.42 Å². The Morgan fingerprint density at radius 1 is 0.552 bits per heavy atom. The number of benzene rings is 4. The van der Waals surface area contributed by atoms with Crippen LogP contribution in [0.5, 0.6) is 0 Å². The first-order chi connectivity index (χ1) is 14.1. The van der Waals surface area contributed by atoms with Crippen LogP contribution in [0.3, 0.4) is 0 Å². The molecule has 0 N–H and O–H groups in total. The van der Waals surface area contributed by atoms with E-state index in [-0.39, 0.29) is 0 Å². The van der Waals surface area contributed by atoms with Crippen LogP contribution in [0.1, 0.15) is 32.8 Å². The van der Waals surface area contributed by atoms with Gasteiger partial charge in [-0.2, -0.15) is 0 Å². The van der Waals surface area contributed by atoms with Crippen molar-refractivity contribution in [1.29, 1.82) is 0 Å². The Morgan fingerprint density at radius 2 is 0.966 bits per heavy atom. The molecular formula is C26H18O2S. The van der Waals surface area contributed by atoms with Crippen LogP contribution in [-0.2, 0) is 9.84 Å². The van der Waals surface area contributed by atoms with Crippen LogP contribution in [0.15, 0.2) is 84.9 Å². The fraction of sp³-hybridized carbons (Fsp3) is 0.0769. The molecule has 0 aliphatic heterocycles. The lowest BCUT2D eigenvalue weighted by Gasteiger charge is -2.27. The molecule has 0 saturated heterocycles. The largest absolute Gasteiger partial charge is 0.227 e. The highest BCUT2D eigenvalue weighted by Crippen LogP contribution is 2.45. The molecule has 2 aliphatic rings. The minimum atomic E-state index is -3.54. The molecule has 0 bridgehead atoms. The van der Waals surface area contributed by atoms with Crippen molar-refractivity contribution in [3.63, 3.8) is 0 Å². The summed E-state index contributed by atoms with van der Waals surface area (Å²) in [7, 11) is -3.54. The van der Waals surface area contributed by atoms with E-state index in [0.717, 1.165) is 43.8 Å². The fourth-order valence-corrected chi connectivity index (χ4v) is 6.88. The average Bonchev–Trinajstić information content (AvgIpc) is 2.75. The molecule has 140 valence electrons. The van der Waals surface area contributed by atoms with Gasteiger partial charge < -0.3 is 0 Å². The van der Waals surface area contributed by atoms with Crippen molar-refractivity contribution in [2.75, 3.05) is 0 Å². The standard InChI is InChI=1S/C26H18O2S/c27-29(28,23-15-13-19-7-1-5-17-9-3-11-21(23)25(17)19)24-16-14-20-8-2-6-18-10-4-12-22(24)26(18)20/h1-16,23-24H. The highest BCUT2D eigenvalue weighted by Gasteiger charge is 2.37.